The van der Waals surface area contributed by atoms with Gasteiger partial charge in [-0.2, -0.15) is 5.26 Å². The molecule has 0 atom stereocenters. The van der Waals surface area contributed by atoms with E-state index in [2.05, 4.69) is 6.07 Å². The quantitative estimate of drug-likeness (QED) is 0.847. The van der Waals surface area contributed by atoms with Crippen LogP contribution in [0, 0.1) is 11.3 Å². The molecule has 1 heterocycles. The molecular formula is C14H12N2OS. The highest BCUT2D eigenvalue weighted by Gasteiger charge is 2.12. The molecule has 1 amide bonds. The van der Waals surface area contributed by atoms with Gasteiger partial charge >= 0.3 is 0 Å². The van der Waals surface area contributed by atoms with E-state index in [1.807, 2.05) is 23.6 Å². The van der Waals surface area contributed by atoms with Crippen molar-refractivity contribution in [1.29, 1.82) is 5.26 Å². The molecule has 0 aliphatic heterocycles. The summed E-state index contributed by atoms with van der Waals surface area (Å²) >= 11 is 1.57. The van der Waals surface area contributed by atoms with Crippen LogP contribution in [0.5, 0.6) is 0 Å². The Balaban J connectivity index is 2.13. The van der Waals surface area contributed by atoms with Gasteiger partial charge in [-0.05, 0) is 29.6 Å². The fourth-order valence-corrected chi connectivity index (χ4v) is 2.30. The predicted octanol–water partition coefficient (Wildman–Crippen LogP) is 2.83. The van der Waals surface area contributed by atoms with Gasteiger partial charge in [0.2, 0.25) is 5.91 Å². The maximum absolute atomic E-state index is 12.1. The summed E-state index contributed by atoms with van der Waals surface area (Å²) in [5.74, 6) is 0.0209. The molecule has 0 unspecified atom stereocenters. The Morgan fingerprint density at radius 2 is 2.22 bits per heavy atom. The molecule has 2 aromatic rings. The minimum atomic E-state index is 0.0209. The third-order valence-electron chi connectivity index (χ3n) is 2.64. The van der Waals surface area contributed by atoms with Crippen molar-refractivity contribution < 1.29 is 4.79 Å². The zero-order valence-corrected chi connectivity index (χ0v) is 10.8. The number of nitrogens with zero attached hydrogens (tertiary/aromatic N) is 2. The zero-order valence-electron chi connectivity index (χ0n) is 9.96. The summed E-state index contributed by atoms with van der Waals surface area (Å²) in [5, 5.41) is 10.8. The smallest absolute Gasteiger partial charge is 0.231 e. The van der Waals surface area contributed by atoms with E-state index in [1.165, 1.54) is 0 Å². The van der Waals surface area contributed by atoms with E-state index >= 15 is 0 Å². The van der Waals surface area contributed by atoms with Crippen molar-refractivity contribution in [3.63, 3.8) is 0 Å². The first kappa shape index (κ1) is 12.3. The van der Waals surface area contributed by atoms with Crippen molar-refractivity contribution in [2.75, 3.05) is 11.9 Å². The number of rotatable bonds is 3. The standard InChI is InChI=1S/C14H12N2OS/c1-16(12-5-2-4-11(8-12)10-15)14(17)9-13-6-3-7-18-13/h2-8H,9H2,1H3. The van der Waals surface area contributed by atoms with E-state index in [0.717, 1.165) is 10.6 Å². The Kier molecular flexibility index (Phi) is 3.75. The molecule has 1 aromatic heterocycles. The van der Waals surface area contributed by atoms with Gasteiger partial charge in [0, 0.05) is 17.6 Å². The molecule has 0 aliphatic rings. The van der Waals surface area contributed by atoms with E-state index in [4.69, 9.17) is 5.26 Å². The number of nitriles is 1. The second-order valence-electron chi connectivity index (χ2n) is 3.87. The van der Waals surface area contributed by atoms with Crippen molar-refractivity contribution in [2.45, 2.75) is 6.42 Å². The van der Waals surface area contributed by atoms with E-state index in [0.29, 0.717) is 12.0 Å². The Morgan fingerprint density at radius 1 is 1.39 bits per heavy atom. The first-order chi connectivity index (χ1) is 8.70. The number of likely N-dealkylation sites (N-methyl/N-ethyl adjacent to an activating group) is 1. The van der Waals surface area contributed by atoms with Crippen LogP contribution >= 0.6 is 11.3 Å². The van der Waals surface area contributed by atoms with Crippen molar-refractivity contribution in [2.24, 2.45) is 0 Å². The molecule has 18 heavy (non-hydrogen) atoms. The fourth-order valence-electron chi connectivity index (χ4n) is 1.61. The lowest BCUT2D eigenvalue weighted by molar-refractivity contribution is -0.117. The summed E-state index contributed by atoms with van der Waals surface area (Å²) in [6, 6.07) is 13.0. The second kappa shape index (κ2) is 5.48. The van der Waals surface area contributed by atoms with E-state index in [-0.39, 0.29) is 5.91 Å². The molecule has 2 rings (SSSR count). The van der Waals surface area contributed by atoms with Crippen LogP contribution in [0.15, 0.2) is 41.8 Å². The average Bonchev–Trinajstić information content (AvgIpc) is 2.90. The molecule has 0 radical (unpaired) electrons. The molecule has 0 bridgehead atoms. The first-order valence-electron chi connectivity index (χ1n) is 5.50. The third kappa shape index (κ3) is 2.76. The van der Waals surface area contributed by atoms with Crippen LogP contribution in [0.4, 0.5) is 5.69 Å². The number of carbonyl (C=O) groups is 1. The number of anilines is 1. The molecular weight excluding hydrogens is 244 g/mol. The third-order valence-corrected chi connectivity index (χ3v) is 3.52. The monoisotopic (exact) mass is 256 g/mol. The molecule has 0 spiro atoms. The van der Waals surface area contributed by atoms with Crippen LogP contribution in [0.25, 0.3) is 0 Å². The number of hydrogen-bond donors (Lipinski definition) is 0. The average molecular weight is 256 g/mol. The van der Waals surface area contributed by atoms with Crippen molar-refractivity contribution >= 4 is 22.9 Å². The minimum absolute atomic E-state index is 0.0209. The Labute approximate surface area is 110 Å². The maximum Gasteiger partial charge on any atom is 0.231 e. The van der Waals surface area contributed by atoms with Crippen LogP contribution in [0.2, 0.25) is 0 Å². The van der Waals surface area contributed by atoms with E-state index in [9.17, 15) is 4.79 Å². The van der Waals surface area contributed by atoms with Crippen molar-refractivity contribution in [1.82, 2.24) is 0 Å². The van der Waals surface area contributed by atoms with Gasteiger partial charge in [0.05, 0.1) is 18.1 Å². The molecule has 0 saturated carbocycles. The summed E-state index contributed by atoms with van der Waals surface area (Å²) in [6.07, 6.45) is 0.394. The van der Waals surface area contributed by atoms with E-state index in [1.54, 1.807) is 41.5 Å². The Morgan fingerprint density at radius 3 is 2.89 bits per heavy atom. The van der Waals surface area contributed by atoms with E-state index < -0.39 is 0 Å². The highest BCUT2D eigenvalue weighted by Crippen LogP contribution is 2.17. The van der Waals surface area contributed by atoms with Gasteiger partial charge in [-0.15, -0.1) is 11.3 Å². The highest BCUT2D eigenvalue weighted by molar-refractivity contribution is 7.10. The number of amides is 1. The molecule has 0 fully saturated rings. The molecule has 90 valence electrons. The molecule has 0 saturated heterocycles. The van der Waals surface area contributed by atoms with Gasteiger partial charge in [0.15, 0.2) is 0 Å². The SMILES string of the molecule is CN(C(=O)Cc1cccs1)c1cccc(C#N)c1. The van der Waals surface area contributed by atoms with Gasteiger partial charge in [-0.3, -0.25) is 4.79 Å². The summed E-state index contributed by atoms with van der Waals surface area (Å²) in [6.45, 7) is 0. The predicted molar refractivity (Wildman–Crippen MR) is 72.6 cm³/mol. The molecule has 4 heteroatoms. The lowest BCUT2D eigenvalue weighted by Gasteiger charge is -2.17. The zero-order chi connectivity index (χ0) is 13.0. The molecule has 0 N–H and O–H groups in total. The Hall–Kier alpha value is -2.12. The Bertz CT molecular complexity index is 584. The van der Waals surface area contributed by atoms with Crippen LogP contribution < -0.4 is 4.90 Å². The van der Waals surface area contributed by atoms with Crippen LogP contribution in [-0.4, -0.2) is 13.0 Å². The largest absolute Gasteiger partial charge is 0.315 e. The van der Waals surface area contributed by atoms with Crippen molar-refractivity contribution in [3.05, 3.63) is 52.2 Å². The lowest BCUT2D eigenvalue weighted by atomic mass is 10.2. The molecule has 1 aromatic carbocycles. The number of hydrogen-bond acceptors (Lipinski definition) is 3. The number of thiophene rings is 1. The summed E-state index contributed by atoms with van der Waals surface area (Å²) < 4.78 is 0. The lowest BCUT2D eigenvalue weighted by Crippen LogP contribution is -2.27. The normalized spacial score (nSPS) is 9.78. The van der Waals surface area contributed by atoms with Gasteiger partial charge in [0.1, 0.15) is 0 Å². The van der Waals surface area contributed by atoms with Gasteiger partial charge in [-0.25, -0.2) is 0 Å². The molecule has 0 aliphatic carbocycles. The topological polar surface area (TPSA) is 44.1 Å². The highest BCUT2D eigenvalue weighted by atomic mass is 32.1. The van der Waals surface area contributed by atoms with Crippen molar-refractivity contribution in [3.8, 4) is 6.07 Å². The van der Waals surface area contributed by atoms with Gasteiger partial charge in [0.25, 0.3) is 0 Å². The minimum Gasteiger partial charge on any atom is -0.315 e. The number of carbonyl (C=O) groups excluding carboxylic acids is 1. The van der Waals surface area contributed by atoms with Gasteiger partial charge in [-0.1, -0.05) is 12.1 Å². The summed E-state index contributed by atoms with van der Waals surface area (Å²) in [4.78, 5) is 14.7. The van der Waals surface area contributed by atoms with Crippen LogP contribution in [0.1, 0.15) is 10.4 Å². The first-order valence-corrected chi connectivity index (χ1v) is 6.38. The molecule has 3 nitrogen and oxygen atoms in total. The summed E-state index contributed by atoms with van der Waals surface area (Å²) in [7, 11) is 1.73. The second-order valence-corrected chi connectivity index (χ2v) is 4.90. The summed E-state index contributed by atoms with van der Waals surface area (Å²) in [5.41, 5.74) is 1.30. The van der Waals surface area contributed by atoms with Crippen LogP contribution in [0.3, 0.4) is 0 Å². The maximum atomic E-state index is 12.1. The number of benzene rings is 1. The fraction of sp³-hybridized carbons (Fsp3) is 0.143. The van der Waals surface area contributed by atoms with Gasteiger partial charge < -0.3 is 4.90 Å². The van der Waals surface area contributed by atoms with Crippen LogP contribution in [-0.2, 0) is 11.2 Å².